The molecule has 0 aromatic heterocycles. The lowest BCUT2D eigenvalue weighted by Gasteiger charge is -2.30. The van der Waals surface area contributed by atoms with Crippen LogP contribution in [-0.4, -0.2) is 69.6 Å². The fourth-order valence-corrected chi connectivity index (χ4v) is 5.94. The second kappa shape index (κ2) is 11.2. The third-order valence-electron chi connectivity index (χ3n) is 6.24. The van der Waals surface area contributed by atoms with Crippen LogP contribution in [0.5, 0.6) is 5.75 Å². The quantitative estimate of drug-likeness (QED) is 0.416. The highest BCUT2D eigenvalue weighted by Crippen LogP contribution is 2.32. The van der Waals surface area contributed by atoms with Gasteiger partial charge in [0.1, 0.15) is 5.75 Å². The van der Waals surface area contributed by atoms with Gasteiger partial charge in [0.25, 0.3) is 11.6 Å². The van der Waals surface area contributed by atoms with E-state index in [-0.39, 0.29) is 21.8 Å². The summed E-state index contributed by atoms with van der Waals surface area (Å²) in [5.41, 5.74) is 0.609. The van der Waals surface area contributed by atoms with Gasteiger partial charge in [0.15, 0.2) is 0 Å². The van der Waals surface area contributed by atoms with Gasteiger partial charge in [0.05, 0.1) is 46.6 Å². The van der Waals surface area contributed by atoms with E-state index in [9.17, 15) is 23.3 Å². The van der Waals surface area contributed by atoms with Crippen LogP contribution < -0.4 is 15.0 Å². The standard InChI is InChI=1S/C24H30N4O7S/c1-2-35-23-9-7-19(36(32,33)27-10-4-3-5-11-27)17-21(23)25-24(29)20-16-18(28(30)31)6-8-22(20)26-12-14-34-15-13-26/h6-9,16-17H,2-5,10-15H2,1H3,(H,25,29). The van der Waals surface area contributed by atoms with Crippen LogP contribution >= 0.6 is 0 Å². The first kappa shape index (κ1) is 25.9. The molecular weight excluding hydrogens is 488 g/mol. The Hall–Kier alpha value is -3.22. The third kappa shape index (κ3) is 5.61. The molecule has 0 aliphatic carbocycles. The zero-order chi connectivity index (χ0) is 25.7. The lowest BCUT2D eigenvalue weighted by Crippen LogP contribution is -2.37. The number of nitrogens with one attached hydrogen (secondary N) is 1. The molecule has 2 aliphatic heterocycles. The maximum Gasteiger partial charge on any atom is 0.270 e. The summed E-state index contributed by atoms with van der Waals surface area (Å²) in [7, 11) is -3.74. The second-order valence-corrected chi connectivity index (χ2v) is 10.5. The molecule has 36 heavy (non-hydrogen) atoms. The number of hydrogen-bond donors (Lipinski definition) is 1. The number of nitro benzene ring substituents is 1. The second-order valence-electron chi connectivity index (χ2n) is 8.57. The van der Waals surface area contributed by atoms with Gasteiger partial charge < -0.3 is 19.7 Å². The molecule has 2 aliphatic rings. The van der Waals surface area contributed by atoms with Crippen molar-refractivity contribution < 1.29 is 27.6 Å². The molecule has 0 atom stereocenters. The average molecular weight is 519 g/mol. The van der Waals surface area contributed by atoms with Gasteiger partial charge in [0.2, 0.25) is 10.0 Å². The number of amides is 1. The van der Waals surface area contributed by atoms with Gasteiger partial charge in [0, 0.05) is 38.3 Å². The topological polar surface area (TPSA) is 131 Å². The number of benzene rings is 2. The molecule has 11 nitrogen and oxygen atoms in total. The Bertz CT molecular complexity index is 1220. The molecule has 2 heterocycles. The zero-order valence-electron chi connectivity index (χ0n) is 20.1. The van der Waals surface area contributed by atoms with Crippen molar-refractivity contribution in [1.29, 1.82) is 0 Å². The molecule has 0 spiro atoms. The highest BCUT2D eigenvalue weighted by Gasteiger charge is 2.28. The highest BCUT2D eigenvalue weighted by atomic mass is 32.2. The third-order valence-corrected chi connectivity index (χ3v) is 8.13. The van der Waals surface area contributed by atoms with Crippen molar-refractivity contribution in [3.8, 4) is 5.75 Å². The Kier molecular flexibility index (Phi) is 8.07. The minimum absolute atomic E-state index is 0.0515. The molecule has 0 radical (unpaired) electrons. The minimum Gasteiger partial charge on any atom is -0.492 e. The summed E-state index contributed by atoms with van der Waals surface area (Å²) >= 11 is 0. The number of piperidine rings is 1. The summed E-state index contributed by atoms with van der Waals surface area (Å²) < 4.78 is 38.9. The first-order valence-electron chi connectivity index (χ1n) is 12.0. The molecule has 12 heteroatoms. The van der Waals surface area contributed by atoms with Crippen molar-refractivity contribution in [2.24, 2.45) is 0 Å². The molecule has 1 amide bonds. The molecule has 2 saturated heterocycles. The van der Waals surface area contributed by atoms with Crippen LogP contribution in [0.1, 0.15) is 36.5 Å². The number of rotatable bonds is 8. The number of sulfonamides is 1. The fourth-order valence-electron chi connectivity index (χ4n) is 4.39. The van der Waals surface area contributed by atoms with Crippen molar-refractivity contribution in [1.82, 2.24) is 4.31 Å². The van der Waals surface area contributed by atoms with E-state index in [4.69, 9.17) is 9.47 Å². The first-order chi connectivity index (χ1) is 17.3. The Morgan fingerprint density at radius 3 is 2.47 bits per heavy atom. The van der Waals surface area contributed by atoms with Crippen LogP contribution in [0.3, 0.4) is 0 Å². The van der Waals surface area contributed by atoms with E-state index >= 15 is 0 Å². The van der Waals surface area contributed by atoms with Gasteiger partial charge in [-0.05, 0) is 44.0 Å². The van der Waals surface area contributed by atoms with Crippen LogP contribution in [0.25, 0.3) is 0 Å². The first-order valence-corrected chi connectivity index (χ1v) is 13.4. The van der Waals surface area contributed by atoms with E-state index in [1.165, 1.54) is 34.6 Å². The maximum atomic E-state index is 13.5. The molecule has 0 unspecified atom stereocenters. The molecule has 4 rings (SSSR count). The van der Waals surface area contributed by atoms with Gasteiger partial charge in [-0.25, -0.2) is 8.42 Å². The van der Waals surface area contributed by atoms with Gasteiger partial charge in [-0.3, -0.25) is 14.9 Å². The molecule has 0 saturated carbocycles. The number of anilines is 2. The zero-order valence-corrected chi connectivity index (χ0v) is 21.0. The normalized spacial score (nSPS) is 17.0. The lowest BCUT2D eigenvalue weighted by atomic mass is 10.1. The molecule has 2 aromatic rings. The molecule has 0 bridgehead atoms. The van der Waals surface area contributed by atoms with Gasteiger partial charge in [-0.15, -0.1) is 0 Å². The highest BCUT2D eigenvalue weighted by molar-refractivity contribution is 7.89. The number of morpholine rings is 1. The smallest absolute Gasteiger partial charge is 0.270 e. The van der Waals surface area contributed by atoms with E-state index in [1.807, 2.05) is 4.90 Å². The van der Waals surface area contributed by atoms with Gasteiger partial charge >= 0.3 is 0 Å². The fraction of sp³-hybridized carbons (Fsp3) is 0.458. The number of nitrogens with zero attached hydrogens (tertiary/aromatic N) is 3. The predicted molar refractivity (Wildman–Crippen MR) is 134 cm³/mol. The molecule has 1 N–H and O–H groups in total. The van der Waals surface area contributed by atoms with Crippen LogP contribution in [0.4, 0.5) is 17.1 Å². The van der Waals surface area contributed by atoms with Gasteiger partial charge in [-0.2, -0.15) is 4.31 Å². The largest absolute Gasteiger partial charge is 0.492 e. The summed E-state index contributed by atoms with van der Waals surface area (Å²) in [5.74, 6) is -0.296. The SMILES string of the molecule is CCOc1ccc(S(=O)(=O)N2CCCCC2)cc1NC(=O)c1cc([N+](=O)[O-])ccc1N1CCOCC1. The Morgan fingerprint density at radius 2 is 1.81 bits per heavy atom. The summed E-state index contributed by atoms with van der Waals surface area (Å²) in [6.45, 7) is 5.00. The summed E-state index contributed by atoms with van der Waals surface area (Å²) in [5, 5.41) is 14.2. The summed E-state index contributed by atoms with van der Waals surface area (Å²) in [6, 6.07) is 8.52. The molecule has 2 aromatic carbocycles. The maximum absolute atomic E-state index is 13.5. The number of carbonyl (C=O) groups is 1. The van der Waals surface area contributed by atoms with Crippen LogP contribution in [0.2, 0.25) is 0 Å². The Morgan fingerprint density at radius 1 is 1.08 bits per heavy atom. The molecular formula is C24H30N4O7S. The number of carbonyl (C=O) groups excluding carboxylic acids is 1. The number of hydrogen-bond acceptors (Lipinski definition) is 8. The van der Waals surface area contributed by atoms with Crippen molar-refractivity contribution in [3.05, 3.63) is 52.1 Å². The Balaban J connectivity index is 1.69. The van der Waals surface area contributed by atoms with Crippen LogP contribution in [-0.2, 0) is 14.8 Å². The van der Waals surface area contributed by atoms with E-state index in [2.05, 4.69) is 5.32 Å². The van der Waals surface area contributed by atoms with E-state index in [0.29, 0.717) is 57.4 Å². The van der Waals surface area contributed by atoms with Crippen molar-refractivity contribution in [2.45, 2.75) is 31.1 Å². The van der Waals surface area contributed by atoms with Gasteiger partial charge in [-0.1, -0.05) is 6.42 Å². The number of non-ortho nitro benzene ring substituents is 1. The number of nitro groups is 1. The monoisotopic (exact) mass is 518 g/mol. The van der Waals surface area contributed by atoms with Crippen molar-refractivity contribution >= 4 is 33.0 Å². The molecule has 2 fully saturated rings. The van der Waals surface area contributed by atoms with E-state index < -0.39 is 20.9 Å². The van der Waals surface area contributed by atoms with E-state index in [0.717, 1.165) is 19.3 Å². The van der Waals surface area contributed by atoms with Crippen molar-refractivity contribution in [3.63, 3.8) is 0 Å². The van der Waals surface area contributed by atoms with Crippen LogP contribution in [0, 0.1) is 10.1 Å². The number of ether oxygens (including phenoxy) is 2. The lowest BCUT2D eigenvalue weighted by molar-refractivity contribution is -0.384. The minimum atomic E-state index is -3.74. The molecule has 194 valence electrons. The average Bonchev–Trinajstić information content (AvgIpc) is 2.90. The Labute approximate surface area is 210 Å². The predicted octanol–water partition coefficient (Wildman–Crippen LogP) is 3.26. The summed E-state index contributed by atoms with van der Waals surface area (Å²) in [6.07, 6.45) is 2.60. The van der Waals surface area contributed by atoms with Crippen molar-refractivity contribution in [2.75, 3.05) is 56.2 Å². The summed E-state index contributed by atoms with van der Waals surface area (Å²) in [4.78, 5) is 26.3. The van der Waals surface area contributed by atoms with Crippen LogP contribution in [0.15, 0.2) is 41.3 Å². The van der Waals surface area contributed by atoms with E-state index in [1.54, 1.807) is 13.0 Å².